The molecule has 0 radical (unpaired) electrons. The Labute approximate surface area is 177 Å². The maximum Gasteiger partial charge on any atom is 0.261 e. The number of piperidine rings is 1. The Hall–Kier alpha value is -2.25. The summed E-state index contributed by atoms with van der Waals surface area (Å²) in [5.41, 5.74) is 0.535. The molecule has 2 atom stereocenters. The number of aryl methyl sites for hydroxylation is 1. The molecule has 0 bridgehead atoms. The molecule has 3 heterocycles. The normalized spacial score (nSPS) is 23.8. The van der Waals surface area contributed by atoms with E-state index in [1.165, 1.54) is 4.57 Å². The van der Waals surface area contributed by atoms with Gasteiger partial charge in [-0.3, -0.25) is 19.1 Å². The molecule has 2 unspecified atom stereocenters. The summed E-state index contributed by atoms with van der Waals surface area (Å²) in [6.45, 7) is 10.7. The van der Waals surface area contributed by atoms with E-state index in [1.54, 1.807) is 13.0 Å². The van der Waals surface area contributed by atoms with E-state index in [0.29, 0.717) is 22.6 Å². The molecular weight excluding hydrogens is 380 g/mol. The van der Waals surface area contributed by atoms with E-state index in [-0.39, 0.29) is 30.2 Å². The zero-order valence-corrected chi connectivity index (χ0v) is 18.2. The highest BCUT2D eigenvalue weighted by molar-refractivity contribution is 5.79. The van der Waals surface area contributed by atoms with E-state index < -0.39 is 0 Å². The van der Waals surface area contributed by atoms with Crippen molar-refractivity contribution in [3.05, 3.63) is 40.4 Å². The summed E-state index contributed by atoms with van der Waals surface area (Å²) in [5, 5.41) is 0.559. The van der Waals surface area contributed by atoms with Crippen LogP contribution in [0.3, 0.4) is 0 Å². The molecule has 0 spiro atoms. The van der Waals surface area contributed by atoms with Crippen LogP contribution < -0.4 is 5.56 Å². The number of para-hydroxylation sites is 1. The van der Waals surface area contributed by atoms with Crippen molar-refractivity contribution >= 4 is 16.8 Å². The lowest BCUT2D eigenvalue weighted by Gasteiger charge is -2.39. The molecule has 1 aromatic heterocycles. The number of hydrogen-bond acceptors (Lipinski definition) is 5. The Balaban J connectivity index is 1.35. The summed E-state index contributed by atoms with van der Waals surface area (Å²) in [5.74, 6) is 1.19. The predicted octanol–water partition coefficient (Wildman–Crippen LogP) is 2.05. The number of fused-ring (bicyclic) bond motifs is 1. The zero-order chi connectivity index (χ0) is 21.3. The number of carbonyl (C=O) groups is 1. The molecular formula is C23H32N4O3. The highest BCUT2D eigenvalue weighted by Gasteiger charge is 2.28. The van der Waals surface area contributed by atoms with E-state index in [0.717, 1.165) is 45.6 Å². The molecule has 1 aromatic carbocycles. The van der Waals surface area contributed by atoms with Gasteiger partial charge in [0.25, 0.3) is 5.56 Å². The molecule has 162 valence electrons. The average Bonchev–Trinajstić information content (AvgIpc) is 2.71. The number of hydrogen-bond donors (Lipinski definition) is 0. The second-order valence-corrected chi connectivity index (χ2v) is 8.87. The van der Waals surface area contributed by atoms with Crippen LogP contribution in [0.2, 0.25) is 0 Å². The number of morpholine rings is 1. The Kier molecular flexibility index (Phi) is 6.20. The maximum absolute atomic E-state index is 12.9. The van der Waals surface area contributed by atoms with Crippen LogP contribution in [-0.2, 0) is 16.1 Å². The first-order valence-corrected chi connectivity index (χ1v) is 11.0. The van der Waals surface area contributed by atoms with Gasteiger partial charge < -0.3 is 9.64 Å². The molecule has 0 saturated carbocycles. The van der Waals surface area contributed by atoms with Crippen LogP contribution >= 0.6 is 0 Å². The fourth-order valence-corrected chi connectivity index (χ4v) is 4.86. The number of likely N-dealkylation sites (tertiary alicyclic amines) is 1. The lowest BCUT2D eigenvalue weighted by atomic mass is 9.95. The largest absolute Gasteiger partial charge is 0.373 e. The van der Waals surface area contributed by atoms with Crippen molar-refractivity contribution in [3.8, 4) is 0 Å². The van der Waals surface area contributed by atoms with Crippen molar-refractivity contribution in [1.82, 2.24) is 19.4 Å². The first-order chi connectivity index (χ1) is 14.4. The third-order valence-electron chi connectivity index (χ3n) is 6.32. The lowest BCUT2D eigenvalue weighted by Crippen LogP contribution is -2.49. The van der Waals surface area contributed by atoms with Crippen LogP contribution in [0.4, 0.5) is 0 Å². The van der Waals surface area contributed by atoms with Crippen LogP contribution in [0.1, 0.15) is 32.5 Å². The van der Waals surface area contributed by atoms with Gasteiger partial charge in [-0.25, -0.2) is 4.98 Å². The minimum atomic E-state index is -0.142. The van der Waals surface area contributed by atoms with Crippen molar-refractivity contribution in [2.75, 3.05) is 32.7 Å². The highest BCUT2D eigenvalue weighted by Crippen LogP contribution is 2.21. The van der Waals surface area contributed by atoms with E-state index in [4.69, 9.17) is 4.74 Å². The van der Waals surface area contributed by atoms with Gasteiger partial charge in [-0.1, -0.05) is 12.1 Å². The first-order valence-electron chi connectivity index (χ1n) is 11.0. The fourth-order valence-electron chi connectivity index (χ4n) is 4.86. The molecule has 2 aromatic rings. The van der Waals surface area contributed by atoms with Crippen LogP contribution in [0.5, 0.6) is 0 Å². The molecule has 30 heavy (non-hydrogen) atoms. The number of amides is 1. The van der Waals surface area contributed by atoms with E-state index in [9.17, 15) is 9.59 Å². The molecule has 0 N–H and O–H groups in total. The van der Waals surface area contributed by atoms with Gasteiger partial charge in [0.15, 0.2) is 0 Å². The van der Waals surface area contributed by atoms with Crippen LogP contribution in [-0.4, -0.2) is 70.2 Å². The molecule has 7 heteroatoms. The summed E-state index contributed by atoms with van der Waals surface area (Å²) in [4.78, 5) is 34.6. The number of nitrogens with zero attached hydrogens (tertiary/aromatic N) is 4. The van der Waals surface area contributed by atoms with Gasteiger partial charge in [0.05, 0.1) is 23.1 Å². The van der Waals surface area contributed by atoms with E-state index in [1.807, 2.05) is 23.1 Å². The third-order valence-corrected chi connectivity index (χ3v) is 6.32. The summed E-state index contributed by atoms with van der Waals surface area (Å²) >= 11 is 0. The summed E-state index contributed by atoms with van der Waals surface area (Å²) in [6, 6.07) is 7.29. The zero-order valence-electron chi connectivity index (χ0n) is 18.2. The van der Waals surface area contributed by atoms with Crippen LogP contribution in [0, 0.1) is 12.8 Å². The minimum Gasteiger partial charge on any atom is -0.373 e. The molecule has 4 rings (SSSR count). The van der Waals surface area contributed by atoms with Crippen LogP contribution in [0.15, 0.2) is 29.1 Å². The van der Waals surface area contributed by atoms with Crippen molar-refractivity contribution in [3.63, 3.8) is 0 Å². The van der Waals surface area contributed by atoms with Crippen molar-refractivity contribution < 1.29 is 9.53 Å². The second kappa shape index (κ2) is 8.86. The topological polar surface area (TPSA) is 67.7 Å². The molecule has 2 aliphatic heterocycles. The van der Waals surface area contributed by atoms with Crippen molar-refractivity contribution in [1.29, 1.82) is 0 Å². The SMILES string of the molecule is Cc1nc2ccccc2c(=O)n1CC(=O)N1CCC(CN2CC(C)OC(C)C2)CC1. The monoisotopic (exact) mass is 412 g/mol. The first kappa shape index (κ1) is 21.0. The van der Waals surface area contributed by atoms with E-state index in [2.05, 4.69) is 23.7 Å². The van der Waals surface area contributed by atoms with Crippen LogP contribution in [0.25, 0.3) is 10.9 Å². The predicted molar refractivity (Wildman–Crippen MR) is 116 cm³/mol. The Bertz CT molecular complexity index is 955. The number of ether oxygens (including phenoxy) is 1. The standard InChI is InChI=1S/C23H32N4O3/c1-16-12-25(13-17(2)30-16)14-19-8-10-26(11-9-19)22(28)15-27-18(3)24-21-7-5-4-6-20(21)23(27)29/h4-7,16-17,19H,8-15H2,1-3H3. The maximum atomic E-state index is 12.9. The van der Waals surface area contributed by atoms with Gasteiger partial charge >= 0.3 is 0 Å². The Morgan fingerprint density at radius 2 is 1.80 bits per heavy atom. The van der Waals surface area contributed by atoms with Crippen molar-refractivity contribution in [2.24, 2.45) is 5.92 Å². The number of carbonyl (C=O) groups excluding carboxylic acids is 1. The summed E-state index contributed by atoms with van der Waals surface area (Å²) < 4.78 is 7.34. The third kappa shape index (κ3) is 4.57. The van der Waals surface area contributed by atoms with Gasteiger partial charge in [0.2, 0.25) is 5.91 Å². The molecule has 2 aliphatic rings. The smallest absolute Gasteiger partial charge is 0.261 e. The average molecular weight is 413 g/mol. The second-order valence-electron chi connectivity index (χ2n) is 8.87. The molecule has 7 nitrogen and oxygen atoms in total. The fraction of sp³-hybridized carbons (Fsp3) is 0.609. The Morgan fingerprint density at radius 1 is 1.13 bits per heavy atom. The Morgan fingerprint density at radius 3 is 2.50 bits per heavy atom. The summed E-state index contributed by atoms with van der Waals surface area (Å²) in [6.07, 6.45) is 2.59. The minimum absolute atomic E-state index is 0.00403. The highest BCUT2D eigenvalue weighted by atomic mass is 16.5. The molecule has 1 amide bonds. The van der Waals surface area contributed by atoms with Gasteiger partial charge in [0, 0.05) is 32.7 Å². The number of aromatic nitrogens is 2. The number of benzene rings is 1. The molecule has 0 aliphatic carbocycles. The van der Waals surface area contributed by atoms with Gasteiger partial charge in [0.1, 0.15) is 12.4 Å². The van der Waals surface area contributed by atoms with Gasteiger partial charge in [-0.05, 0) is 51.7 Å². The van der Waals surface area contributed by atoms with Crippen molar-refractivity contribution in [2.45, 2.75) is 52.4 Å². The molecule has 2 fully saturated rings. The number of rotatable bonds is 4. The lowest BCUT2D eigenvalue weighted by molar-refractivity contribution is -0.133. The molecule has 2 saturated heterocycles. The quantitative estimate of drug-likeness (QED) is 0.769. The van der Waals surface area contributed by atoms with E-state index >= 15 is 0 Å². The van der Waals surface area contributed by atoms with Gasteiger partial charge in [-0.15, -0.1) is 0 Å². The van der Waals surface area contributed by atoms with Gasteiger partial charge in [-0.2, -0.15) is 0 Å². The summed E-state index contributed by atoms with van der Waals surface area (Å²) in [7, 11) is 0.